The first kappa shape index (κ1) is 12.0. The molecule has 0 unspecified atom stereocenters. The van der Waals surface area contributed by atoms with Gasteiger partial charge in [0.1, 0.15) is 5.75 Å². The highest BCUT2D eigenvalue weighted by atomic mass is 16.3. The first-order chi connectivity index (χ1) is 9.08. The summed E-state index contributed by atoms with van der Waals surface area (Å²) >= 11 is 0. The van der Waals surface area contributed by atoms with Gasteiger partial charge in [-0.15, -0.1) is 0 Å². The maximum Gasteiger partial charge on any atom is 0.124 e. The van der Waals surface area contributed by atoms with Crippen molar-refractivity contribution in [2.24, 2.45) is 0 Å². The Labute approximate surface area is 113 Å². The Hall–Kier alpha value is -2.02. The second kappa shape index (κ2) is 4.27. The highest BCUT2D eigenvalue weighted by Gasteiger charge is 2.09. The van der Waals surface area contributed by atoms with Crippen molar-refractivity contribution in [3.05, 3.63) is 53.6 Å². The van der Waals surface area contributed by atoms with Crippen LogP contribution in [0.1, 0.15) is 30.9 Å². The van der Waals surface area contributed by atoms with Crippen LogP contribution in [-0.2, 0) is 0 Å². The lowest BCUT2D eigenvalue weighted by atomic mass is 9.94. The molecule has 3 aromatic rings. The number of aromatic hydroxyl groups is 1. The number of rotatable bonds is 1. The van der Waals surface area contributed by atoms with Crippen LogP contribution in [0.3, 0.4) is 0 Å². The fraction of sp³-hybridized carbons (Fsp3) is 0.222. The van der Waals surface area contributed by atoms with Gasteiger partial charge in [-0.25, -0.2) is 0 Å². The van der Waals surface area contributed by atoms with Gasteiger partial charge in [0.05, 0.1) is 0 Å². The SMILES string of the molecule is Cc1cccc2c1ccc1cc(C(C)C)cc(O)c12. The molecule has 0 amide bonds. The summed E-state index contributed by atoms with van der Waals surface area (Å²) < 4.78 is 0. The molecule has 0 radical (unpaired) electrons. The molecular weight excluding hydrogens is 232 g/mol. The molecule has 0 saturated carbocycles. The zero-order valence-corrected chi connectivity index (χ0v) is 11.6. The smallest absolute Gasteiger partial charge is 0.124 e. The van der Waals surface area contributed by atoms with Crippen LogP contribution in [0.5, 0.6) is 5.75 Å². The second-order valence-corrected chi connectivity index (χ2v) is 5.53. The van der Waals surface area contributed by atoms with Crippen molar-refractivity contribution in [3.8, 4) is 5.75 Å². The lowest BCUT2D eigenvalue weighted by Crippen LogP contribution is -1.89. The highest BCUT2D eigenvalue weighted by molar-refractivity contribution is 6.11. The Morgan fingerprint density at radius 3 is 2.47 bits per heavy atom. The van der Waals surface area contributed by atoms with Gasteiger partial charge >= 0.3 is 0 Å². The maximum absolute atomic E-state index is 10.4. The molecule has 0 aliphatic heterocycles. The van der Waals surface area contributed by atoms with Gasteiger partial charge < -0.3 is 5.11 Å². The fourth-order valence-electron chi connectivity index (χ4n) is 2.72. The summed E-state index contributed by atoms with van der Waals surface area (Å²) in [5.74, 6) is 0.806. The number of aryl methyl sites for hydroxylation is 1. The van der Waals surface area contributed by atoms with E-state index in [1.54, 1.807) is 0 Å². The zero-order chi connectivity index (χ0) is 13.6. The molecule has 0 atom stereocenters. The number of hydrogen-bond acceptors (Lipinski definition) is 1. The average Bonchev–Trinajstić information content (AvgIpc) is 2.38. The molecule has 0 heterocycles. The third-order valence-corrected chi connectivity index (χ3v) is 3.86. The maximum atomic E-state index is 10.4. The van der Waals surface area contributed by atoms with E-state index in [0.29, 0.717) is 11.7 Å². The number of phenols is 1. The minimum atomic E-state index is 0.386. The summed E-state index contributed by atoms with van der Waals surface area (Å²) in [5.41, 5.74) is 2.42. The third kappa shape index (κ3) is 1.86. The standard InChI is InChI=1S/C18H18O/c1-11(2)14-9-13-7-8-15-12(3)5-4-6-16(15)18(13)17(19)10-14/h4-11,19H,1-3H3. The number of fused-ring (bicyclic) bond motifs is 3. The van der Waals surface area contributed by atoms with E-state index in [0.717, 1.165) is 16.2 Å². The Morgan fingerprint density at radius 1 is 0.947 bits per heavy atom. The first-order valence-corrected chi connectivity index (χ1v) is 6.73. The van der Waals surface area contributed by atoms with Gasteiger partial charge in [0.15, 0.2) is 0 Å². The van der Waals surface area contributed by atoms with Crippen molar-refractivity contribution < 1.29 is 5.11 Å². The van der Waals surface area contributed by atoms with Crippen LogP contribution in [-0.4, -0.2) is 5.11 Å². The minimum absolute atomic E-state index is 0.386. The van der Waals surface area contributed by atoms with Crippen molar-refractivity contribution in [2.75, 3.05) is 0 Å². The molecule has 1 heteroatoms. The molecule has 3 rings (SSSR count). The van der Waals surface area contributed by atoms with Crippen molar-refractivity contribution in [1.82, 2.24) is 0 Å². The Morgan fingerprint density at radius 2 is 1.74 bits per heavy atom. The normalized spacial score (nSPS) is 11.6. The number of phenolic OH excluding ortho intramolecular Hbond substituents is 1. The van der Waals surface area contributed by atoms with Gasteiger partial charge in [0, 0.05) is 5.39 Å². The molecule has 1 nitrogen and oxygen atoms in total. The Balaban J connectivity index is 2.46. The van der Waals surface area contributed by atoms with Crippen LogP contribution in [0.15, 0.2) is 42.5 Å². The average molecular weight is 250 g/mol. The monoisotopic (exact) mass is 250 g/mol. The lowest BCUT2D eigenvalue weighted by molar-refractivity contribution is 0.481. The fourth-order valence-corrected chi connectivity index (χ4v) is 2.72. The van der Waals surface area contributed by atoms with E-state index in [1.807, 2.05) is 12.1 Å². The summed E-state index contributed by atoms with van der Waals surface area (Å²) in [5, 5.41) is 14.8. The molecule has 0 spiro atoms. The van der Waals surface area contributed by atoms with Crippen LogP contribution in [0, 0.1) is 6.92 Å². The summed E-state index contributed by atoms with van der Waals surface area (Å²) in [6.07, 6.45) is 0. The van der Waals surface area contributed by atoms with Gasteiger partial charge in [-0.1, -0.05) is 50.2 Å². The largest absolute Gasteiger partial charge is 0.507 e. The van der Waals surface area contributed by atoms with E-state index < -0.39 is 0 Å². The molecule has 0 aliphatic rings. The third-order valence-electron chi connectivity index (χ3n) is 3.86. The van der Waals surface area contributed by atoms with Gasteiger partial charge in [0.25, 0.3) is 0 Å². The second-order valence-electron chi connectivity index (χ2n) is 5.53. The molecule has 19 heavy (non-hydrogen) atoms. The molecule has 96 valence electrons. The molecule has 0 fully saturated rings. The number of hydrogen-bond donors (Lipinski definition) is 1. The van der Waals surface area contributed by atoms with Crippen molar-refractivity contribution in [2.45, 2.75) is 26.7 Å². The molecule has 0 aromatic heterocycles. The zero-order valence-electron chi connectivity index (χ0n) is 11.6. The van der Waals surface area contributed by atoms with E-state index in [4.69, 9.17) is 0 Å². The summed E-state index contributed by atoms with van der Waals surface area (Å²) in [6, 6.07) is 14.6. The Kier molecular flexibility index (Phi) is 2.70. The molecular formula is C18H18O. The molecule has 0 aliphatic carbocycles. The Bertz CT molecular complexity index is 769. The van der Waals surface area contributed by atoms with Crippen molar-refractivity contribution in [3.63, 3.8) is 0 Å². The van der Waals surface area contributed by atoms with Crippen LogP contribution in [0.25, 0.3) is 21.5 Å². The van der Waals surface area contributed by atoms with E-state index in [2.05, 4.69) is 51.1 Å². The van der Waals surface area contributed by atoms with Crippen LogP contribution in [0.4, 0.5) is 0 Å². The van der Waals surface area contributed by atoms with E-state index in [1.165, 1.54) is 16.5 Å². The van der Waals surface area contributed by atoms with E-state index >= 15 is 0 Å². The van der Waals surface area contributed by atoms with Gasteiger partial charge in [-0.05, 0) is 46.2 Å². The molecule has 0 bridgehead atoms. The topological polar surface area (TPSA) is 20.2 Å². The quantitative estimate of drug-likeness (QED) is 0.593. The van der Waals surface area contributed by atoms with E-state index in [9.17, 15) is 5.11 Å². The lowest BCUT2D eigenvalue weighted by Gasteiger charge is -2.12. The van der Waals surface area contributed by atoms with Crippen LogP contribution < -0.4 is 0 Å². The van der Waals surface area contributed by atoms with Crippen LogP contribution >= 0.6 is 0 Å². The number of benzene rings is 3. The molecule has 3 aromatic carbocycles. The van der Waals surface area contributed by atoms with Gasteiger partial charge in [-0.2, -0.15) is 0 Å². The predicted octanol–water partition coefficient (Wildman–Crippen LogP) is 5.13. The molecule has 1 N–H and O–H groups in total. The minimum Gasteiger partial charge on any atom is -0.507 e. The summed E-state index contributed by atoms with van der Waals surface area (Å²) in [7, 11) is 0. The van der Waals surface area contributed by atoms with Crippen molar-refractivity contribution >= 4 is 21.5 Å². The molecule has 0 saturated heterocycles. The van der Waals surface area contributed by atoms with Crippen molar-refractivity contribution in [1.29, 1.82) is 0 Å². The van der Waals surface area contributed by atoms with Crippen LogP contribution in [0.2, 0.25) is 0 Å². The van der Waals surface area contributed by atoms with Gasteiger partial charge in [0.2, 0.25) is 0 Å². The van der Waals surface area contributed by atoms with E-state index in [-0.39, 0.29) is 0 Å². The summed E-state index contributed by atoms with van der Waals surface area (Å²) in [4.78, 5) is 0. The highest BCUT2D eigenvalue weighted by Crippen LogP contribution is 2.36. The first-order valence-electron chi connectivity index (χ1n) is 6.73. The van der Waals surface area contributed by atoms with Gasteiger partial charge in [-0.3, -0.25) is 0 Å². The predicted molar refractivity (Wildman–Crippen MR) is 81.9 cm³/mol. The summed E-state index contributed by atoms with van der Waals surface area (Å²) in [6.45, 7) is 6.39.